The van der Waals surface area contributed by atoms with Crippen LogP contribution in [0, 0.1) is 7.43 Å². The monoisotopic (exact) mass is 315 g/mol. The molecule has 1 rings (SSSR count). The van der Waals surface area contributed by atoms with Crippen LogP contribution >= 0.6 is 0 Å². The van der Waals surface area contributed by atoms with Crippen molar-refractivity contribution in [1.29, 1.82) is 0 Å². The fraction of sp³-hybridized carbons (Fsp3) is 0.688. The minimum absolute atomic E-state index is 0. The zero-order valence-corrected chi connectivity index (χ0v) is 16.3. The van der Waals surface area contributed by atoms with Crippen LogP contribution in [0.25, 0.3) is 16.0 Å². The molecule has 0 fully saturated rings. The van der Waals surface area contributed by atoms with Crippen LogP contribution in [0.1, 0.15) is 33.6 Å². The largest absolute Gasteiger partial charge is 4.00 e. The number of nitrogens with zero attached hydrogens (tertiary/aromatic N) is 3. The molecule has 1 aliphatic rings. The molecule has 0 heterocycles. The summed E-state index contributed by atoms with van der Waals surface area (Å²) >= 11 is 0. The van der Waals surface area contributed by atoms with Gasteiger partial charge in [0.15, 0.2) is 0 Å². The third-order valence-corrected chi connectivity index (χ3v) is 1.87. The molecule has 0 bridgehead atoms. The van der Waals surface area contributed by atoms with Crippen LogP contribution in [0.3, 0.4) is 0 Å². The van der Waals surface area contributed by atoms with Gasteiger partial charge < -0.3 is 23.4 Å². The first-order valence-corrected chi connectivity index (χ1v) is 6.40. The first-order valence-electron chi connectivity index (χ1n) is 6.40. The van der Waals surface area contributed by atoms with E-state index in [1.54, 1.807) is 28.2 Å². The fourth-order valence-corrected chi connectivity index (χ4v) is 1.21. The molecule has 1 aliphatic carbocycles. The summed E-state index contributed by atoms with van der Waals surface area (Å²) in [4.78, 5) is 0. The van der Waals surface area contributed by atoms with Crippen molar-refractivity contribution in [3.05, 3.63) is 47.2 Å². The van der Waals surface area contributed by atoms with Gasteiger partial charge in [-0.3, -0.25) is 0 Å². The summed E-state index contributed by atoms with van der Waals surface area (Å²) in [6.07, 6.45) is 8.81. The Balaban J connectivity index is -0.000000139. The molecule has 0 atom stereocenters. The zero-order chi connectivity index (χ0) is 14.4. The van der Waals surface area contributed by atoms with Gasteiger partial charge in [-0.2, -0.15) is 28.2 Å². The van der Waals surface area contributed by atoms with Gasteiger partial charge in [-0.15, -0.1) is 12.1 Å². The van der Waals surface area contributed by atoms with E-state index in [2.05, 4.69) is 54.9 Å². The summed E-state index contributed by atoms with van der Waals surface area (Å²) in [5.41, 5.74) is 1.65. The number of allylic oxidation sites excluding steroid dienone is 3. The van der Waals surface area contributed by atoms with E-state index < -0.39 is 0 Å². The summed E-state index contributed by atoms with van der Waals surface area (Å²) in [6, 6.07) is 0. The number of rotatable bonds is 3. The van der Waals surface area contributed by atoms with Gasteiger partial charge in [0.25, 0.3) is 0 Å². The Bertz CT molecular complexity index is 228. The minimum Gasteiger partial charge on any atom is -0.668 e. The Morgan fingerprint density at radius 2 is 1.50 bits per heavy atom. The first kappa shape index (κ1) is 28.3. The molecule has 0 saturated carbocycles. The average Bonchev–Trinajstić information content (AvgIpc) is 2.71. The van der Waals surface area contributed by atoms with Gasteiger partial charge in [0.05, 0.1) is 0 Å². The van der Waals surface area contributed by atoms with Gasteiger partial charge in [0.1, 0.15) is 0 Å². The van der Waals surface area contributed by atoms with Crippen LogP contribution in [-0.4, -0.2) is 40.3 Å². The topological polar surface area (TPSA) is 42.3 Å². The van der Waals surface area contributed by atoms with Crippen molar-refractivity contribution in [2.45, 2.75) is 39.2 Å². The molecule has 0 amide bonds. The quantitative estimate of drug-likeness (QED) is 0.512. The fourth-order valence-electron chi connectivity index (χ4n) is 1.21. The third-order valence-electron chi connectivity index (χ3n) is 1.87. The number of hydrogen-bond donors (Lipinski definition) is 0. The van der Waals surface area contributed by atoms with Crippen molar-refractivity contribution >= 4 is 0 Å². The molecule has 0 aromatic heterocycles. The van der Waals surface area contributed by atoms with E-state index in [4.69, 9.17) is 0 Å². The van der Waals surface area contributed by atoms with E-state index in [1.807, 2.05) is 0 Å². The predicted molar refractivity (Wildman–Crippen MR) is 91.3 cm³/mol. The van der Waals surface area contributed by atoms with E-state index in [9.17, 15) is 0 Å². The maximum atomic E-state index is 4.55. The van der Waals surface area contributed by atoms with Gasteiger partial charge in [0.2, 0.25) is 0 Å². The minimum atomic E-state index is 0. The van der Waals surface area contributed by atoms with Crippen LogP contribution in [0.15, 0.2) is 23.8 Å². The smallest absolute Gasteiger partial charge is 0.668 e. The normalized spacial score (nSPS) is 11.8. The molecular weight excluding hydrogens is 282 g/mol. The van der Waals surface area contributed by atoms with Crippen molar-refractivity contribution in [3.63, 3.8) is 0 Å². The summed E-state index contributed by atoms with van der Waals surface area (Å²) in [6.45, 7) is 7.41. The molecule has 0 radical (unpaired) electrons. The van der Waals surface area contributed by atoms with Crippen LogP contribution in [0.2, 0.25) is 0 Å². The summed E-state index contributed by atoms with van der Waals surface area (Å²) in [5, 5.41) is 11.6. The Kier molecular flexibility index (Phi) is 27.0. The molecule has 0 aromatic carbocycles. The van der Waals surface area contributed by atoms with Crippen LogP contribution in [-0.2, 0) is 21.7 Å². The van der Waals surface area contributed by atoms with Crippen LogP contribution in [0.5, 0.6) is 0 Å². The molecule has 20 heavy (non-hydrogen) atoms. The molecule has 0 spiro atoms. The molecule has 4 heteroatoms. The summed E-state index contributed by atoms with van der Waals surface area (Å²) in [5.74, 6) is 0. The molecule has 116 valence electrons. The van der Waals surface area contributed by atoms with Crippen molar-refractivity contribution in [3.8, 4) is 0 Å². The van der Waals surface area contributed by atoms with Crippen LogP contribution in [0.4, 0.5) is 0 Å². The standard InChI is InChI=1S/C11H18N.2C2H6N.CH3.Ti/c1-11(2,3)12-9-8-10-6-4-5-7-10;2*1-3-2;;/h4-6H,7-9H2,1-3H3;2*1-2H3;1H3;/q4*-1;+4. The van der Waals surface area contributed by atoms with Gasteiger partial charge >= 0.3 is 21.7 Å². The molecule has 0 unspecified atom stereocenters. The van der Waals surface area contributed by atoms with Crippen LogP contribution < -0.4 is 0 Å². The summed E-state index contributed by atoms with van der Waals surface area (Å²) in [7, 11) is 7.00. The second kappa shape index (κ2) is 19.1. The number of hydrogen-bond acceptors (Lipinski definition) is 0. The van der Waals surface area contributed by atoms with E-state index in [1.165, 1.54) is 5.57 Å². The van der Waals surface area contributed by atoms with Gasteiger partial charge in [-0.1, -0.05) is 51.0 Å². The van der Waals surface area contributed by atoms with Crippen molar-refractivity contribution in [2.75, 3.05) is 34.7 Å². The first-order chi connectivity index (χ1) is 8.41. The molecule has 0 saturated heterocycles. The SMILES string of the molecule is CC(C)(C)[N-]CCC1=CC=CC1.C[N-]C.C[N-]C.[CH3-].[Ti+4]. The Hall–Kier alpha value is 0.0743. The van der Waals surface area contributed by atoms with Gasteiger partial charge in [-0.25, -0.2) is 0 Å². The second-order valence-electron chi connectivity index (χ2n) is 5.15. The Labute approximate surface area is 143 Å². The maximum absolute atomic E-state index is 4.55. The molecule has 0 N–H and O–H groups in total. The van der Waals surface area contributed by atoms with Gasteiger partial charge in [-0.05, 0) is 6.42 Å². The maximum Gasteiger partial charge on any atom is 4.00 e. The summed E-state index contributed by atoms with van der Waals surface area (Å²) < 4.78 is 0. The van der Waals surface area contributed by atoms with Crippen molar-refractivity contribution < 1.29 is 21.7 Å². The van der Waals surface area contributed by atoms with Gasteiger partial charge in [0, 0.05) is 0 Å². The molecule has 0 aliphatic heterocycles. The zero-order valence-electron chi connectivity index (χ0n) is 14.7. The molecule has 0 aromatic rings. The molecule has 3 nitrogen and oxygen atoms in total. The second-order valence-corrected chi connectivity index (χ2v) is 5.15. The van der Waals surface area contributed by atoms with E-state index in [0.29, 0.717) is 0 Å². The average molecular weight is 315 g/mol. The Morgan fingerprint density at radius 3 is 1.80 bits per heavy atom. The van der Waals surface area contributed by atoms with E-state index >= 15 is 0 Å². The Morgan fingerprint density at radius 1 is 1.05 bits per heavy atom. The molecular formula is C16H33N3Ti. The third kappa shape index (κ3) is 26.6. The van der Waals surface area contributed by atoms with Crippen molar-refractivity contribution in [2.24, 2.45) is 0 Å². The van der Waals surface area contributed by atoms with E-state index in [0.717, 1.165) is 19.4 Å². The predicted octanol–water partition coefficient (Wildman–Crippen LogP) is 5.12. The van der Waals surface area contributed by atoms with E-state index in [-0.39, 0.29) is 34.7 Å². The van der Waals surface area contributed by atoms with Crippen molar-refractivity contribution in [1.82, 2.24) is 0 Å².